The zero-order valence-electron chi connectivity index (χ0n) is 23.1. The van der Waals surface area contributed by atoms with Gasteiger partial charge in [-0.2, -0.15) is 0 Å². The van der Waals surface area contributed by atoms with Gasteiger partial charge in [0.15, 0.2) is 11.6 Å². The van der Waals surface area contributed by atoms with Gasteiger partial charge in [0, 0.05) is 25.4 Å². The van der Waals surface area contributed by atoms with E-state index in [4.69, 9.17) is 5.73 Å². The molecule has 4 atom stereocenters. The van der Waals surface area contributed by atoms with Crippen LogP contribution in [0.15, 0.2) is 53.0 Å². The van der Waals surface area contributed by atoms with E-state index in [9.17, 15) is 29.7 Å². The Morgan fingerprint density at radius 1 is 1.07 bits per heavy atom. The molecule has 1 heterocycles. The zero-order chi connectivity index (χ0) is 29.5. The Morgan fingerprint density at radius 2 is 1.78 bits per heavy atom. The van der Waals surface area contributed by atoms with Gasteiger partial charge >= 0.3 is 0 Å². The van der Waals surface area contributed by atoms with E-state index in [1.165, 1.54) is 0 Å². The molecule has 3 aliphatic carbocycles. The number of benzene rings is 2. The number of ketones is 2. The Bertz CT molecular complexity index is 1700. The summed E-state index contributed by atoms with van der Waals surface area (Å²) in [5.74, 6) is -5.55. The lowest BCUT2D eigenvalue weighted by molar-refractivity contribution is -0.127. The molecule has 11 heteroatoms. The van der Waals surface area contributed by atoms with Gasteiger partial charge in [-0.3, -0.25) is 19.3 Å². The number of aromatic nitrogens is 2. The number of anilines is 1. The minimum atomic E-state index is -1.23. The van der Waals surface area contributed by atoms with Crippen LogP contribution in [0.25, 0.3) is 22.4 Å². The maximum absolute atomic E-state index is 14.2. The molecule has 6 N–H and O–H groups in total. The topological polar surface area (TPSA) is 173 Å². The number of rotatable bonds is 4. The molecule has 3 aromatic rings. The molecule has 2 aromatic carbocycles. The summed E-state index contributed by atoms with van der Waals surface area (Å²) in [5.41, 5.74) is 8.11. The van der Waals surface area contributed by atoms with E-state index >= 15 is 0 Å². The number of primary amides is 1. The van der Waals surface area contributed by atoms with Crippen LogP contribution in [0.3, 0.4) is 0 Å². The predicted molar refractivity (Wildman–Crippen MR) is 152 cm³/mol. The number of likely N-dealkylation sites (N-methyl/N-ethyl adjacent to an activating group) is 1. The lowest BCUT2D eigenvalue weighted by Gasteiger charge is -2.46. The maximum atomic E-state index is 14.2. The van der Waals surface area contributed by atoms with Crippen LogP contribution in [0, 0.1) is 17.8 Å². The molecule has 1 aromatic heterocycles. The number of aliphatic hydroxyl groups excluding tert-OH is 2. The average molecular weight is 558 g/mol. The number of fused-ring (bicyclic) bond motifs is 4. The van der Waals surface area contributed by atoms with E-state index < -0.39 is 58.4 Å². The summed E-state index contributed by atoms with van der Waals surface area (Å²) in [6.45, 7) is 0. The van der Waals surface area contributed by atoms with Crippen molar-refractivity contribution in [3.63, 3.8) is 0 Å². The van der Waals surface area contributed by atoms with Crippen LogP contribution in [-0.4, -0.2) is 81.9 Å². The molecule has 4 unspecified atom stereocenters. The van der Waals surface area contributed by atoms with E-state index in [0.29, 0.717) is 41.0 Å². The molecule has 0 bridgehead atoms. The van der Waals surface area contributed by atoms with Crippen molar-refractivity contribution >= 4 is 34.2 Å². The number of nitrogens with one attached hydrogen (secondary N) is 1. The number of aromatic amines is 1. The Balaban J connectivity index is 1.54. The fourth-order valence-electron chi connectivity index (χ4n) is 6.98. The minimum Gasteiger partial charge on any atom is -0.511 e. The summed E-state index contributed by atoms with van der Waals surface area (Å²) in [6.07, 6.45) is 0.603. The first-order valence-electron chi connectivity index (χ1n) is 13.3. The summed E-state index contributed by atoms with van der Waals surface area (Å²) in [6, 6.07) is 8.44. The minimum absolute atomic E-state index is 0.0385. The van der Waals surface area contributed by atoms with Crippen molar-refractivity contribution in [3.8, 4) is 17.1 Å². The highest BCUT2D eigenvalue weighted by Crippen LogP contribution is 2.52. The quantitative estimate of drug-likeness (QED) is 0.302. The predicted octanol–water partition coefficient (Wildman–Crippen LogP) is 2.62. The fraction of sp³-hybridized carbons (Fsp3) is 0.333. The number of phenolic OH excluding ortho intramolecular Hbond substituents is 1. The second kappa shape index (κ2) is 9.20. The maximum Gasteiger partial charge on any atom is 0.255 e. The molecule has 3 aliphatic rings. The third kappa shape index (κ3) is 3.76. The highest BCUT2D eigenvalue weighted by Gasteiger charge is 2.54. The number of hydrogen-bond acceptors (Lipinski definition) is 9. The van der Waals surface area contributed by atoms with Gasteiger partial charge in [0.05, 0.1) is 34.1 Å². The van der Waals surface area contributed by atoms with Gasteiger partial charge in [-0.05, 0) is 62.5 Å². The standard InChI is InChI=1S/C30H31N5O6/c1-34(2)18-11-15(30-32-16-7-5-6-8-17(16)33-30)24(36)20-13(18)9-12-10-14-21(26(38)19(12)25(20)37)27(39)22(29(31)41)28(40)23(14)35(3)4/h5-8,11-12,14,21,23,36,38,40H,9-10H2,1-4H3,(H2,31,41)(H,32,33). The Hall–Kier alpha value is -4.64. The molecule has 212 valence electrons. The van der Waals surface area contributed by atoms with Crippen LogP contribution in [-0.2, 0) is 16.0 Å². The molecule has 0 spiro atoms. The summed E-state index contributed by atoms with van der Waals surface area (Å²) in [5, 5.41) is 34.0. The SMILES string of the molecule is CN(C)c1cc(-c2nc3ccccc3[nH]2)c(O)c2c1CC1CC3C(C(=O)C(C(N)=O)=C(O)C3N(C)C)C(O)=C1C2=O. The molecule has 11 nitrogen and oxygen atoms in total. The van der Waals surface area contributed by atoms with Gasteiger partial charge in [0.1, 0.15) is 28.7 Å². The van der Waals surface area contributed by atoms with E-state index in [-0.39, 0.29) is 16.9 Å². The second-order valence-corrected chi connectivity index (χ2v) is 11.4. The molecule has 0 saturated heterocycles. The molecule has 1 amide bonds. The van der Waals surface area contributed by atoms with Crippen molar-refractivity contribution in [2.45, 2.75) is 18.9 Å². The number of Topliss-reactive ketones (excluding diaryl/α,β-unsaturated/α-hetero) is 2. The number of carbonyl (C=O) groups is 3. The van der Waals surface area contributed by atoms with Gasteiger partial charge in [0.2, 0.25) is 0 Å². The number of hydrogen-bond donors (Lipinski definition) is 5. The van der Waals surface area contributed by atoms with Crippen molar-refractivity contribution in [1.29, 1.82) is 0 Å². The number of allylic oxidation sites excluding steroid dienone is 2. The molecule has 41 heavy (non-hydrogen) atoms. The largest absolute Gasteiger partial charge is 0.511 e. The highest BCUT2D eigenvalue weighted by atomic mass is 16.3. The molecule has 0 radical (unpaired) electrons. The Morgan fingerprint density at radius 3 is 2.41 bits per heavy atom. The van der Waals surface area contributed by atoms with Crippen molar-refractivity contribution in [1.82, 2.24) is 14.9 Å². The number of amides is 1. The van der Waals surface area contributed by atoms with Crippen LogP contribution in [0.1, 0.15) is 22.3 Å². The first kappa shape index (κ1) is 26.6. The average Bonchev–Trinajstić information content (AvgIpc) is 3.31. The number of para-hydroxylation sites is 2. The van der Waals surface area contributed by atoms with Crippen LogP contribution >= 0.6 is 0 Å². The molecule has 0 aliphatic heterocycles. The highest BCUT2D eigenvalue weighted by molar-refractivity contribution is 6.22. The number of nitrogens with two attached hydrogens (primary N) is 1. The molecular weight excluding hydrogens is 526 g/mol. The van der Waals surface area contributed by atoms with E-state index in [1.807, 2.05) is 43.3 Å². The molecule has 6 rings (SSSR count). The van der Waals surface area contributed by atoms with E-state index in [2.05, 4.69) is 9.97 Å². The number of aliphatic hydroxyl groups is 2. The first-order valence-corrected chi connectivity index (χ1v) is 13.3. The van der Waals surface area contributed by atoms with Crippen LogP contribution < -0.4 is 10.6 Å². The van der Waals surface area contributed by atoms with Crippen molar-refractivity contribution in [2.75, 3.05) is 33.1 Å². The lowest BCUT2D eigenvalue weighted by Crippen LogP contribution is -2.53. The smallest absolute Gasteiger partial charge is 0.255 e. The van der Waals surface area contributed by atoms with Crippen molar-refractivity contribution in [2.24, 2.45) is 23.5 Å². The zero-order valence-corrected chi connectivity index (χ0v) is 23.1. The third-order valence-electron chi connectivity index (χ3n) is 8.67. The molecule has 0 saturated carbocycles. The number of nitrogens with zero attached hydrogens (tertiary/aromatic N) is 3. The number of carbonyl (C=O) groups excluding carboxylic acids is 3. The van der Waals surface area contributed by atoms with Crippen molar-refractivity contribution < 1.29 is 29.7 Å². The van der Waals surface area contributed by atoms with Gasteiger partial charge in [0.25, 0.3) is 5.91 Å². The van der Waals surface area contributed by atoms with Crippen molar-refractivity contribution in [3.05, 3.63) is 64.1 Å². The molecular formula is C30H31N5O6. The number of aromatic hydroxyl groups is 1. The Kier molecular flexibility index (Phi) is 5.96. The van der Waals surface area contributed by atoms with E-state index in [0.717, 1.165) is 5.52 Å². The number of H-pyrrole nitrogens is 1. The number of imidazole rings is 1. The first-order chi connectivity index (χ1) is 19.4. The molecule has 0 fully saturated rings. The summed E-state index contributed by atoms with van der Waals surface area (Å²) in [7, 11) is 7.09. The normalized spacial score (nSPS) is 24.0. The van der Waals surface area contributed by atoms with Crippen LogP contribution in [0.2, 0.25) is 0 Å². The summed E-state index contributed by atoms with van der Waals surface area (Å²) in [4.78, 5) is 51.1. The van der Waals surface area contributed by atoms with Gasteiger partial charge in [-0.25, -0.2) is 4.98 Å². The Labute approximate surface area is 235 Å². The van der Waals surface area contributed by atoms with Gasteiger partial charge in [-0.15, -0.1) is 0 Å². The lowest BCUT2D eigenvalue weighted by atomic mass is 9.60. The van der Waals surface area contributed by atoms with E-state index in [1.54, 1.807) is 25.1 Å². The van der Waals surface area contributed by atoms with Crippen LogP contribution in [0.4, 0.5) is 5.69 Å². The number of phenols is 1. The van der Waals surface area contributed by atoms with Gasteiger partial charge < -0.3 is 30.9 Å². The summed E-state index contributed by atoms with van der Waals surface area (Å²) < 4.78 is 0. The fourth-order valence-corrected chi connectivity index (χ4v) is 6.98. The summed E-state index contributed by atoms with van der Waals surface area (Å²) >= 11 is 0. The van der Waals surface area contributed by atoms with Crippen LogP contribution in [0.5, 0.6) is 5.75 Å². The second-order valence-electron chi connectivity index (χ2n) is 11.4. The third-order valence-corrected chi connectivity index (χ3v) is 8.67. The van der Waals surface area contributed by atoms with Gasteiger partial charge in [-0.1, -0.05) is 12.1 Å². The monoisotopic (exact) mass is 557 g/mol.